The van der Waals surface area contributed by atoms with Crippen molar-refractivity contribution in [1.29, 1.82) is 0 Å². The summed E-state index contributed by atoms with van der Waals surface area (Å²) in [5, 5.41) is 2.75. The van der Waals surface area contributed by atoms with E-state index in [1.165, 1.54) is 11.3 Å². The van der Waals surface area contributed by atoms with Crippen LogP contribution in [0.25, 0.3) is 9.88 Å². The lowest BCUT2D eigenvalue weighted by molar-refractivity contribution is -0.147. The van der Waals surface area contributed by atoms with Gasteiger partial charge in [0.05, 0.1) is 10.6 Å². The van der Waals surface area contributed by atoms with E-state index in [9.17, 15) is 9.59 Å². The van der Waals surface area contributed by atoms with Crippen molar-refractivity contribution < 1.29 is 19.1 Å². The number of esters is 2. The summed E-state index contributed by atoms with van der Waals surface area (Å²) >= 11 is 2.85. The molecule has 2 aromatic heterocycles. The summed E-state index contributed by atoms with van der Waals surface area (Å²) in [6.45, 7) is 3.54. The summed E-state index contributed by atoms with van der Waals surface area (Å²) in [5.74, 6) is -0.986. The van der Waals surface area contributed by atoms with Crippen LogP contribution in [-0.2, 0) is 14.3 Å². The van der Waals surface area contributed by atoms with E-state index in [4.69, 9.17) is 9.47 Å². The van der Waals surface area contributed by atoms with Gasteiger partial charge in [-0.05, 0) is 25.3 Å². The molecule has 3 heterocycles. The first-order chi connectivity index (χ1) is 10.0. The van der Waals surface area contributed by atoms with E-state index in [0.717, 1.165) is 9.88 Å². The van der Waals surface area contributed by atoms with Crippen molar-refractivity contribution in [3.05, 3.63) is 28.1 Å². The summed E-state index contributed by atoms with van der Waals surface area (Å²) in [4.78, 5) is 29.6. The molecule has 0 N–H and O–H groups in total. The van der Waals surface area contributed by atoms with Crippen molar-refractivity contribution in [3.63, 3.8) is 0 Å². The molecule has 21 heavy (non-hydrogen) atoms. The van der Waals surface area contributed by atoms with Crippen molar-refractivity contribution in [2.75, 3.05) is 0 Å². The predicted octanol–water partition coefficient (Wildman–Crippen LogP) is 3.04. The largest absolute Gasteiger partial charge is 0.460 e. The fourth-order valence-corrected chi connectivity index (χ4v) is 3.84. The molecule has 0 aromatic carbocycles. The third-order valence-electron chi connectivity index (χ3n) is 3.09. The fraction of sp³-hybridized carbons (Fsp3) is 0.357. The lowest BCUT2D eigenvalue weighted by Gasteiger charge is -2.06. The van der Waals surface area contributed by atoms with E-state index < -0.39 is 18.0 Å². The molecule has 0 unspecified atom stereocenters. The van der Waals surface area contributed by atoms with Gasteiger partial charge in [0, 0.05) is 6.42 Å². The van der Waals surface area contributed by atoms with Crippen LogP contribution >= 0.6 is 22.7 Å². The molecular formula is C14H13NO4S2. The molecule has 1 saturated heterocycles. The van der Waals surface area contributed by atoms with Crippen LogP contribution in [0, 0.1) is 6.92 Å². The van der Waals surface area contributed by atoms with E-state index in [2.05, 4.69) is 4.98 Å². The molecule has 2 aromatic rings. The predicted molar refractivity (Wildman–Crippen MR) is 79.5 cm³/mol. The number of hydrogen-bond acceptors (Lipinski definition) is 7. The number of hydrogen-bond donors (Lipinski definition) is 0. The summed E-state index contributed by atoms with van der Waals surface area (Å²) in [7, 11) is 0. The number of thiophene rings is 1. The first-order valence-corrected chi connectivity index (χ1v) is 8.17. The Hall–Kier alpha value is -1.73. The average Bonchev–Trinajstić information content (AvgIpc) is 3.11. The zero-order valence-electron chi connectivity index (χ0n) is 11.5. The third kappa shape index (κ3) is 2.84. The van der Waals surface area contributed by atoms with Gasteiger partial charge >= 0.3 is 11.9 Å². The zero-order valence-corrected chi connectivity index (χ0v) is 13.1. The van der Waals surface area contributed by atoms with Crippen molar-refractivity contribution in [1.82, 2.24) is 4.98 Å². The van der Waals surface area contributed by atoms with Gasteiger partial charge in [-0.2, -0.15) is 0 Å². The number of thiazole rings is 1. The van der Waals surface area contributed by atoms with Crippen LogP contribution in [0.5, 0.6) is 0 Å². The molecule has 0 aliphatic carbocycles. The average molecular weight is 323 g/mol. The Labute approximate surface area is 129 Å². The highest BCUT2D eigenvalue weighted by molar-refractivity contribution is 7.22. The van der Waals surface area contributed by atoms with Crippen LogP contribution in [0.2, 0.25) is 0 Å². The number of ether oxygens (including phenoxy) is 2. The van der Waals surface area contributed by atoms with Crippen molar-refractivity contribution in [2.45, 2.75) is 32.5 Å². The van der Waals surface area contributed by atoms with Gasteiger partial charge in [-0.15, -0.1) is 22.7 Å². The minimum Gasteiger partial charge on any atom is -0.460 e. The van der Waals surface area contributed by atoms with Gasteiger partial charge < -0.3 is 9.47 Å². The summed E-state index contributed by atoms with van der Waals surface area (Å²) in [6, 6.07) is 3.89. The van der Waals surface area contributed by atoms with E-state index in [1.54, 1.807) is 25.2 Å². The summed E-state index contributed by atoms with van der Waals surface area (Å²) in [5.41, 5.74) is 0.618. The second-order valence-electron chi connectivity index (χ2n) is 4.79. The van der Waals surface area contributed by atoms with E-state index in [1.807, 2.05) is 17.5 Å². The molecule has 5 nitrogen and oxygen atoms in total. The van der Waals surface area contributed by atoms with Gasteiger partial charge in [0.2, 0.25) is 6.10 Å². The van der Waals surface area contributed by atoms with Gasteiger partial charge in [-0.3, -0.25) is 0 Å². The second kappa shape index (κ2) is 5.57. The van der Waals surface area contributed by atoms with E-state index >= 15 is 0 Å². The maximum Gasteiger partial charge on any atom is 0.351 e. The smallest absolute Gasteiger partial charge is 0.351 e. The number of cyclic esters (lactones) is 1. The van der Waals surface area contributed by atoms with Crippen LogP contribution in [0.3, 0.4) is 0 Å². The van der Waals surface area contributed by atoms with E-state index in [0.29, 0.717) is 17.0 Å². The Bertz CT molecular complexity index is 677. The quantitative estimate of drug-likeness (QED) is 0.812. The Morgan fingerprint density at radius 2 is 2.33 bits per heavy atom. The van der Waals surface area contributed by atoms with Gasteiger partial charge in [0.15, 0.2) is 0 Å². The summed E-state index contributed by atoms with van der Waals surface area (Å²) in [6.07, 6.45) is -0.612. The molecule has 0 spiro atoms. The molecule has 0 amide bonds. The number of aromatic nitrogens is 1. The second-order valence-corrected chi connectivity index (χ2v) is 6.73. The summed E-state index contributed by atoms with van der Waals surface area (Å²) < 4.78 is 10.2. The number of carbonyl (C=O) groups is 2. The number of aryl methyl sites for hydroxylation is 1. The van der Waals surface area contributed by atoms with Crippen LogP contribution in [-0.4, -0.2) is 29.1 Å². The molecule has 1 fully saturated rings. The zero-order chi connectivity index (χ0) is 15.0. The first kappa shape index (κ1) is 14.2. The van der Waals surface area contributed by atoms with Crippen LogP contribution in [0.15, 0.2) is 17.5 Å². The molecule has 0 radical (unpaired) electrons. The van der Waals surface area contributed by atoms with Gasteiger partial charge in [-0.25, -0.2) is 14.6 Å². The van der Waals surface area contributed by atoms with Gasteiger partial charge in [0.25, 0.3) is 0 Å². The molecule has 0 bridgehead atoms. The standard InChI is InChI=1S/C14H13NO4S2/c1-7-6-9(13(16)18-7)19-14(17)11-8(2)15-12(21-11)10-4-3-5-20-10/h3-5,7,9H,6H2,1-2H3/t7-,9+/m1/s1. The van der Waals surface area contributed by atoms with Crippen LogP contribution < -0.4 is 0 Å². The van der Waals surface area contributed by atoms with E-state index in [-0.39, 0.29) is 6.10 Å². The lowest BCUT2D eigenvalue weighted by atomic mass is 10.2. The monoisotopic (exact) mass is 323 g/mol. The van der Waals surface area contributed by atoms with Crippen LogP contribution in [0.4, 0.5) is 0 Å². The van der Waals surface area contributed by atoms with Crippen molar-refractivity contribution in [2.24, 2.45) is 0 Å². The Balaban J connectivity index is 1.78. The highest BCUT2D eigenvalue weighted by Crippen LogP contribution is 2.32. The molecular weight excluding hydrogens is 310 g/mol. The first-order valence-electron chi connectivity index (χ1n) is 6.47. The molecule has 110 valence electrons. The lowest BCUT2D eigenvalue weighted by Crippen LogP contribution is -2.22. The van der Waals surface area contributed by atoms with Crippen molar-refractivity contribution >= 4 is 34.6 Å². The Morgan fingerprint density at radius 1 is 1.52 bits per heavy atom. The Kier molecular flexibility index (Phi) is 3.77. The van der Waals surface area contributed by atoms with Crippen molar-refractivity contribution in [3.8, 4) is 9.88 Å². The molecule has 1 aliphatic rings. The number of carbonyl (C=O) groups excluding carboxylic acids is 2. The minimum atomic E-state index is -0.806. The highest BCUT2D eigenvalue weighted by atomic mass is 32.1. The third-order valence-corrected chi connectivity index (χ3v) is 5.27. The maximum absolute atomic E-state index is 12.2. The molecule has 2 atom stereocenters. The SMILES string of the molecule is Cc1nc(-c2cccs2)sc1C(=O)O[C@H]1C[C@@H](C)OC1=O. The van der Waals surface area contributed by atoms with Crippen LogP contribution in [0.1, 0.15) is 28.7 Å². The number of nitrogens with zero attached hydrogens (tertiary/aromatic N) is 1. The minimum absolute atomic E-state index is 0.209. The van der Waals surface area contributed by atoms with Gasteiger partial charge in [-0.1, -0.05) is 6.07 Å². The van der Waals surface area contributed by atoms with Gasteiger partial charge in [0.1, 0.15) is 16.0 Å². The normalized spacial score (nSPS) is 21.3. The maximum atomic E-state index is 12.2. The topological polar surface area (TPSA) is 65.5 Å². The molecule has 7 heteroatoms. The molecule has 0 saturated carbocycles. The Morgan fingerprint density at radius 3 is 2.95 bits per heavy atom. The fourth-order valence-electron chi connectivity index (χ4n) is 2.09. The molecule has 3 rings (SSSR count). The molecule has 1 aliphatic heterocycles. The number of rotatable bonds is 3. The highest BCUT2D eigenvalue weighted by Gasteiger charge is 2.36.